The Labute approximate surface area is 111 Å². The summed E-state index contributed by atoms with van der Waals surface area (Å²) in [5, 5.41) is 3.36. The Morgan fingerprint density at radius 1 is 1.05 bits per heavy atom. The molecule has 4 heteroatoms. The summed E-state index contributed by atoms with van der Waals surface area (Å²) in [4.78, 5) is 8.74. The lowest BCUT2D eigenvalue weighted by molar-refractivity contribution is 0.514. The number of fused-ring (bicyclic) bond motifs is 3. The van der Waals surface area contributed by atoms with E-state index in [4.69, 9.17) is 0 Å². The summed E-state index contributed by atoms with van der Waals surface area (Å²) in [5.41, 5.74) is 4.72. The van der Waals surface area contributed by atoms with E-state index >= 15 is 0 Å². The maximum atomic E-state index is 4.68. The molecule has 0 fully saturated rings. The van der Waals surface area contributed by atoms with Crippen molar-refractivity contribution in [1.82, 2.24) is 19.9 Å². The second-order valence-corrected chi connectivity index (χ2v) is 4.80. The van der Waals surface area contributed by atoms with Crippen LogP contribution < -0.4 is 5.32 Å². The summed E-state index contributed by atoms with van der Waals surface area (Å²) in [5.74, 6) is 1.13. The molecule has 0 radical (unpaired) electrons. The number of rotatable bonds is 1. The summed E-state index contributed by atoms with van der Waals surface area (Å²) >= 11 is 0. The molecule has 1 aromatic carbocycles. The molecule has 3 aromatic rings. The van der Waals surface area contributed by atoms with Gasteiger partial charge >= 0.3 is 0 Å². The minimum atomic E-state index is 0.860. The standard InChI is InChI=1S/C15H14N4/c1-2-13-14(19-8-7-17-10-15(19)18-13)9-12(1)11-3-5-16-6-4-11/h1-6,9,17H,7-8,10H2. The molecule has 0 saturated heterocycles. The van der Waals surface area contributed by atoms with Crippen molar-refractivity contribution in [2.45, 2.75) is 13.1 Å². The summed E-state index contributed by atoms with van der Waals surface area (Å²) in [7, 11) is 0. The molecule has 1 aliphatic rings. The van der Waals surface area contributed by atoms with Crippen molar-refractivity contribution in [3.8, 4) is 11.1 Å². The zero-order chi connectivity index (χ0) is 12.7. The van der Waals surface area contributed by atoms with Crippen LogP contribution in [0.2, 0.25) is 0 Å². The Balaban J connectivity index is 1.91. The number of aromatic nitrogens is 3. The lowest BCUT2D eigenvalue weighted by atomic mass is 10.1. The van der Waals surface area contributed by atoms with Crippen LogP contribution in [-0.4, -0.2) is 21.1 Å². The first-order valence-corrected chi connectivity index (χ1v) is 6.52. The first-order valence-electron chi connectivity index (χ1n) is 6.52. The first kappa shape index (κ1) is 10.7. The fourth-order valence-corrected chi connectivity index (χ4v) is 2.67. The molecule has 0 spiro atoms. The van der Waals surface area contributed by atoms with Gasteiger partial charge in [0.1, 0.15) is 5.82 Å². The minimum absolute atomic E-state index is 0.860. The summed E-state index contributed by atoms with van der Waals surface area (Å²) in [6.07, 6.45) is 3.66. The van der Waals surface area contributed by atoms with Crippen molar-refractivity contribution in [3.63, 3.8) is 0 Å². The van der Waals surface area contributed by atoms with Crippen molar-refractivity contribution in [2.75, 3.05) is 6.54 Å². The number of imidazole rings is 1. The normalized spacial score (nSPS) is 14.5. The van der Waals surface area contributed by atoms with Gasteiger partial charge in [0, 0.05) is 25.5 Å². The molecule has 3 heterocycles. The van der Waals surface area contributed by atoms with Crippen LogP contribution in [0.5, 0.6) is 0 Å². The van der Waals surface area contributed by atoms with Gasteiger partial charge < -0.3 is 9.88 Å². The lowest BCUT2D eigenvalue weighted by Gasteiger charge is -2.15. The van der Waals surface area contributed by atoms with Crippen LogP contribution in [-0.2, 0) is 13.1 Å². The molecule has 4 rings (SSSR count). The van der Waals surface area contributed by atoms with Gasteiger partial charge in [-0.3, -0.25) is 4.98 Å². The zero-order valence-electron chi connectivity index (χ0n) is 10.5. The highest BCUT2D eigenvalue weighted by molar-refractivity contribution is 5.82. The molecular weight excluding hydrogens is 236 g/mol. The third-order valence-electron chi connectivity index (χ3n) is 3.64. The van der Waals surface area contributed by atoms with Gasteiger partial charge in [0.05, 0.1) is 17.6 Å². The van der Waals surface area contributed by atoms with Crippen LogP contribution in [0.25, 0.3) is 22.2 Å². The highest BCUT2D eigenvalue weighted by Gasteiger charge is 2.14. The Hall–Kier alpha value is -2.20. The van der Waals surface area contributed by atoms with E-state index in [1.54, 1.807) is 0 Å². The Morgan fingerprint density at radius 2 is 1.95 bits per heavy atom. The number of benzene rings is 1. The average molecular weight is 250 g/mol. The monoisotopic (exact) mass is 250 g/mol. The van der Waals surface area contributed by atoms with E-state index in [1.807, 2.05) is 24.5 Å². The van der Waals surface area contributed by atoms with Crippen LogP contribution in [0.3, 0.4) is 0 Å². The summed E-state index contributed by atoms with van der Waals surface area (Å²) in [6, 6.07) is 10.5. The molecule has 1 N–H and O–H groups in total. The van der Waals surface area contributed by atoms with E-state index in [0.29, 0.717) is 0 Å². The van der Waals surface area contributed by atoms with Gasteiger partial charge in [0.2, 0.25) is 0 Å². The lowest BCUT2D eigenvalue weighted by Crippen LogP contribution is -2.28. The minimum Gasteiger partial charge on any atom is -0.326 e. The van der Waals surface area contributed by atoms with Crippen molar-refractivity contribution in [2.24, 2.45) is 0 Å². The van der Waals surface area contributed by atoms with E-state index in [1.165, 1.54) is 16.6 Å². The molecule has 0 amide bonds. The second kappa shape index (κ2) is 4.17. The van der Waals surface area contributed by atoms with Crippen molar-refractivity contribution in [3.05, 3.63) is 48.5 Å². The van der Waals surface area contributed by atoms with Gasteiger partial charge in [0.15, 0.2) is 0 Å². The zero-order valence-corrected chi connectivity index (χ0v) is 10.5. The Morgan fingerprint density at radius 3 is 2.84 bits per heavy atom. The van der Waals surface area contributed by atoms with E-state index in [0.717, 1.165) is 31.0 Å². The van der Waals surface area contributed by atoms with Gasteiger partial charge in [-0.05, 0) is 35.4 Å². The fourth-order valence-electron chi connectivity index (χ4n) is 2.67. The van der Waals surface area contributed by atoms with Crippen LogP contribution in [0.15, 0.2) is 42.7 Å². The van der Waals surface area contributed by atoms with Crippen LogP contribution in [0.4, 0.5) is 0 Å². The molecule has 0 aliphatic carbocycles. The Bertz CT molecular complexity index is 730. The highest BCUT2D eigenvalue weighted by Crippen LogP contribution is 2.25. The number of pyridine rings is 1. The number of nitrogens with zero attached hydrogens (tertiary/aromatic N) is 3. The predicted octanol–water partition coefficient (Wildman–Crippen LogP) is 2.20. The first-order chi connectivity index (χ1) is 9.42. The molecule has 0 unspecified atom stereocenters. The quantitative estimate of drug-likeness (QED) is 0.720. The van der Waals surface area contributed by atoms with E-state index in [-0.39, 0.29) is 0 Å². The molecule has 0 bridgehead atoms. The van der Waals surface area contributed by atoms with Gasteiger partial charge in [-0.25, -0.2) is 4.98 Å². The van der Waals surface area contributed by atoms with Crippen LogP contribution in [0.1, 0.15) is 5.82 Å². The van der Waals surface area contributed by atoms with Crippen molar-refractivity contribution in [1.29, 1.82) is 0 Å². The molecule has 19 heavy (non-hydrogen) atoms. The smallest absolute Gasteiger partial charge is 0.123 e. The van der Waals surface area contributed by atoms with Gasteiger partial charge in [0.25, 0.3) is 0 Å². The molecule has 2 aromatic heterocycles. The maximum Gasteiger partial charge on any atom is 0.123 e. The largest absolute Gasteiger partial charge is 0.326 e. The van der Waals surface area contributed by atoms with Crippen molar-refractivity contribution < 1.29 is 0 Å². The molecule has 94 valence electrons. The third-order valence-corrected chi connectivity index (χ3v) is 3.64. The van der Waals surface area contributed by atoms with Gasteiger partial charge in [-0.15, -0.1) is 0 Å². The molecule has 1 aliphatic heterocycles. The van der Waals surface area contributed by atoms with E-state index < -0.39 is 0 Å². The summed E-state index contributed by atoms with van der Waals surface area (Å²) in [6.45, 7) is 2.86. The van der Waals surface area contributed by atoms with Gasteiger partial charge in [-0.2, -0.15) is 0 Å². The molecular formula is C15H14N4. The third kappa shape index (κ3) is 1.72. The predicted molar refractivity (Wildman–Crippen MR) is 74.7 cm³/mol. The van der Waals surface area contributed by atoms with Crippen LogP contribution >= 0.6 is 0 Å². The topological polar surface area (TPSA) is 42.7 Å². The average Bonchev–Trinajstić information content (AvgIpc) is 2.86. The van der Waals surface area contributed by atoms with E-state index in [2.05, 4.69) is 38.1 Å². The summed E-state index contributed by atoms with van der Waals surface area (Å²) < 4.78 is 2.32. The number of hydrogen-bond donors (Lipinski definition) is 1. The Kier molecular flexibility index (Phi) is 2.35. The number of hydrogen-bond acceptors (Lipinski definition) is 3. The van der Waals surface area contributed by atoms with Crippen molar-refractivity contribution >= 4 is 11.0 Å². The maximum absolute atomic E-state index is 4.68. The second-order valence-electron chi connectivity index (χ2n) is 4.80. The highest BCUT2D eigenvalue weighted by atomic mass is 15.2. The molecule has 0 atom stereocenters. The van der Waals surface area contributed by atoms with E-state index in [9.17, 15) is 0 Å². The van der Waals surface area contributed by atoms with Gasteiger partial charge in [-0.1, -0.05) is 6.07 Å². The molecule has 0 saturated carbocycles. The SMILES string of the molecule is c1cc(-c2ccc3nc4n(c3c2)CCNC4)ccn1. The number of nitrogens with one attached hydrogen (secondary N) is 1. The van der Waals surface area contributed by atoms with Crippen LogP contribution in [0, 0.1) is 0 Å². The molecule has 4 nitrogen and oxygen atoms in total. The fraction of sp³-hybridized carbons (Fsp3) is 0.200.